The lowest BCUT2D eigenvalue weighted by Crippen LogP contribution is -2.39. The maximum atomic E-state index is 12.2. The number of nitrogens with one attached hydrogen (secondary N) is 2. The lowest BCUT2D eigenvalue weighted by atomic mass is 10.1. The molecule has 3 aliphatic rings. The molecule has 10 nitrogen and oxygen atoms in total. The molecule has 232 valence electrons. The number of hydrogen-bond acceptors (Lipinski definition) is 11. The van der Waals surface area contributed by atoms with Gasteiger partial charge in [0.25, 0.3) is 0 Å². The molecule has 0 fully saturated rings. The minimum atomic E-state index is -0.480. The van der Waals surface area contributed by atoms with E-state index in [2.05, 4.69) is 35.6 Å². The van der Waals surface area contributed by atoms with E-state index in [1.807, 2.05) is 39.1 Å². The number of carbonyl (C=O) groups excluding carboxylic acids is 1. The van der Waals surface area contributed by atoms with E-state index < -0.39 is 5.60 Å². The summed E-state index contributed by atoms with van der Waals surface area (Å²) in [4.78, 5) is 39.8. The van der Waals surface area contributed by atoms with Crippen LogP contribution in [0.25, 0.3) is 20.4 Å². The zero-order chi connectivity index (χ0) is 31.3. The molecule has 14 heteroatoms. The van der Waals surface area contributed by atoms with Crippen LogP contribution in [0.3, 0.4) is 0 Å². The number of nitrogens with zero attached hydrogens (tertiary/aromatic N) is 6. The highest BCUT2D eigenvalue weighted by atomic mass is 35.5. The molecule has 1 aromatic carbocycles. The van der Waals surface area contributed by atoms with Gasteiger partial charge in [-0.05, 0) is 74.5 Å². The number of thiophene rings is 2. The average molecular weight is 682 g/mol. The average Bonchev–Trinajstić information content (AvgIpc) is 3.72. The van der Waals surface area contributed by atoms with Crippen molar-refractivity contribution in [3.8, 4) is 0 Å². The maximum Gasteiger partial charge on any atom is 0.410 e. The summed E-state index contributed by atoms with van der Waals surface area (Å²) in [5, 5.41) is 10.1. The van der Waals surface area contributed by atoms with Gasteiger partial charge >= 0.3 is 6.09 Å². The fraction of sp³-hybridized carbons (Fsp3) is 0.355. The Hall–Kier alpha value is -3.42. The van der Waals surface area contributed by atoms with Crippen LogP contribution in [0.1, 0.15) is 52.8 Å². The van der Waals surface area contributed by atoms with Gasteiger partial charge in [-0.1, -0.05) is 23.2 Å². The van der Waals surface area contributed by atoms with Crippen LogP contribution in [-0.4, -0.2) is 55.8 Å². The highest BCUT2D eigenvalue weighted by Crippen LogP contribution is 2.39. The van der Waals surface area contributed by atoms with Crippen LogP contribution in [0.5, 0.6) is 0 Å². The molecule has 0 saturated carbocycles. The van der Waals surface area contributed by atoms with Crippen molar-refractivity contribution in [3.63, 3.8) is 0 Å². The van der Waals surface area contributed by atoms with Gasteiger partial charge in [0.15, 0.2) is 0 Å². The first-order chi connectivity index (χ1) is 21.6. The lowest BCUT2D eigenvalue weighted by molar-refractivity contribution is 0.0227. The Kier molecular flexibility index (Phi) is 8.11. The number of amides is 1. The molecule has 0 aliphatic carbocycles. The normalized spacial score (nSPS) is 15.4. The van der Waals surface area contributed by atoms with Gasteiger partial charge in [0.1, 0.15) is 38.9 Å². The van der Waals surface area contributed by atoms with Gasteiger partial charge in [0, 0.05) is 29.1 Å². The number of halogens is 2. The van der Waals surface area contributed by atoms with E-state index in [-0.39, 0.29) is 6.09 Å². The number of aliphatic imine (C=N–C) groups is 1. The predicted molar refractivity (Wildman–Crippen MR) is 182 cm³/mol. The van der Waals surface area contributed by atoms with Crippen LogP contribution in [0.4, 0.5) is 16.3 Å². The number of carbonyl (C=O) groups is 1. The monoisotopic (exact) mass is 680 g/mol. The van der Waals surface area contributed by atoms with Crippen LogP contribution in [0, 0.1) is 0 Å². The smallest absolute Gasteiger partial charge is 0.410 e. The molecule has 45 heavy (non-hydrogen) atoms. The van der Waals surface area contributed by atoms with E-state index in [1.54, 1.807) is 33.9 Å². The predicted octanol–water partition coefficient (Wildman–Crippen LogP) is 7.30. The van der Waals surface area contributed by atoms with Gasteiger partial charge in [-0.25, -0.2) is 24.7 Å². The number of hydrogen-bond donors (Lipinski definition) is 2. The number of fused-ring (bicyclic) bond motifs is 7. The molecule has 0 spiro atoms. The fourth-order valence-electron chi connectivity index (χ4n) is 5.68. The Morgan fingerprint density at radius 3 is 2.58 bits per heavy atom. The summed E-state index contributed by atoms with van der Waals surface area (Å²) >= 11 is 15.9. The van der Waals surface area contributed by atoms with Crippen molar-refractivity contribution in [3.05, 3.63) is 67.0 Å². The van der Waals surface area contributed by atoms with Gasteiger partial charge in [0.2, 0.25) is 0 Å². The number of rotatable bonds is 2. The lowest BCUT2D eigenvalue weighted by Gasteiger charge is -2.30. The molecule has 4 aromatic heterocycles. The van der Waals surface area contributed by atoms with Crippen molar-refractivity contribution in [2.24, 2.45) is 4.99 Å². The molecule has 5 aromatic rings. The Morgan fingerprint density at radius 1 is 1.00 bits per heavy atom. The summed E-state index contributed by atoms with van der Waals surface area (Å²) in [6.45, 7) is 9.38. The fourth-order valence-corrected chi connectivity index (χ4v) is 8.58. The highest BCUT2D eigenvalue weighted by Gasteiger charge is 2.29. The molecule has 0 unspecified atom stereocenters. The van der Waals surface area contributed by atoms with E-state index in [0.717, 1.165) is 73.9 Å². The summed E-state index contributed by atoms with van der Waals surface area (Å²) in [6.07, 6.45) is 6.46. The molecule has 0 atom stereocenters. The summed E-state index contributed by atoms with van der Waals surface area (Å²) in [7, 11) is 0. The molecule has 0 radical (unpaired) electrons. The number of benzene rings is 1. The molecular formula is C31H30Cl2N8O2S2. The number of anilines is 2. The first-order valence-electron chi connectivity index (χ1n) is 14.6. The third-order valence-electron chi connectivity index (χ3n) is 7.72. The largest absolute Gasteiger partial charge is 0.444 e. The van der Waals surface area contributed by atoms with Crippen LogP contribution in [-0.2, 0) is 37.2 Å². The summed E-state index contributed by atoms with van der Waals surface area (Å²) < 4.78 is 5.43. The third-order valence-corrected chi connectivity index (χ3v) is 10.6. The van der Waals surface area contributed by atoms with Crippen molar-refractivity contribution in [1.29, 1.82) is 0 Å². The highest BCUT2D eigenvalue weighted by molar-refractivity contribution is 7.19. The van der Waals surface area contributed by atoms with Crippen LogP contribution >= 0.6 is 45.9 Å². The van der Waals surface area contributed by atoms with Crippen molar-refractivity contribution < 1.29 is 9.53 Å². The number of aromatic nitrogens is 4. The van der Waals surface area contributed by atoms with Crippen molar-refractivity contribution in [2.45, 2.75) is 58.8 Å². The molecule has 8 rings (SSSR count). The molecule has 0 saturated heterocycles. The Bertz CT molecular complexity index is 1980. The minimum Gasteiger partial charge on any atom is -0.444 e. The van der Waals surface area contributed by atoms with Gasteiger partial charge in [-0.3, -0.25) is 4.99 Å². The van der Waals surface area contributed by atoms with Gasteiger partial charge in [-0.15, -0.1) is 22.7 Å². The summed E-state index contributed by atoms with van der Waals surface area (Å²) in [5.41, 5.74) is 5.18. The van der Waals surface area contributed by atoms with Crippen molar-refractivity contribution in [2.75, 3.05) is 18.4 Å². The van der Waals surface area contributed by atoms with E-state index in [4.69, 9.17) is 27.9 Å². The second kappa shape index (κ2) is 12.1. The molecule has 7 heterocycles. The minimum absolute atomic E-state index is 0.275. The van der Waals surface area contributed by atoms with E-state index in [1.165, 1.54) is 22.3 Å². The molecule has 3 aliphatic heterocycles. The molecule has 1 amide bonds. The summed E-state index contributed by atoms with van der Waals surface area (Å²) in [5.74, 6) is 0.830. The Morgan fingerprint density at radius 2 is 1.76 bits per heavy atom. The Labute approximate surface area is 277 Å². The van der Waals surface area contributed by atoms with Crippen LogP contribution in [0.15, 0.2) is 29.8 Å². The second-order valence-corrected chi connectivity index (χ2v) is 14.9. The first kappa shape index (κ1) is 30.2. The van der Waals surface area contributed by atoms with E-state index in [9.17, 15) is 4.79 Å². The summed E-state index contributed by atoms with van der Waals surface area (Å²) in [6, 6.07) is 4.03. The number of ether oxygens (including phenoxy) is 1. The van der Waals surface area contributed by atoms with E-state index in [0.29, 0.717) is 29.8 Å². The van der Waals surface area contributed by atoms with E-state index >= 15 is 0 Å². The maximum absolute atomic E-state index is 12.2. The zero-order valence-corrected chi connectivity index (χ0v) is 28.1. The first-order valence-corrected chi connectivity index (χ1v) is 17.0. The van der Waals surface area contributed by atoms with Gasteiger partial charge in [-0.2, -0.15) is 0 Å². The quantitative estimate of drug-likeness (QED) is 0.187. The molecular weight excluding hydrogens is 651 g/mol. The van der Waals surface area contributed by atoms with Crippen molar-refractivity contribution >= 4 is 90.1 Å². The molecule has 0 bridgehead atoms. The third kappa shape index (κ3) is 6.09. The van der Waals surface area contributed by atoms with Crippen molar-refractivity contribution in [1.82, 2.24) is 30.2 Å². The van der Waals surface area contributed by atoms with Gasteiger partial charge in [0.05, 0.1) is 34.6 Å². The zero-order valence-electron chi connectivity index (χ0n) is 24.9. The molecule has 2 N–H and O–H groups in total. The SMILES string of the molecule is CC(C)(C)OC(=O)N1CCc2c(sc3ncnc(Cl)c23)C1.Clc1cc2c(cc1Nc1ncnc3sc4c(c13)CCNC4)C=NC2. The second-order valence-electron chi connectivity index (χ2n) is 12.0. The van der Waals surface area contributed by atoms with Crippen LogP contribution < -0.4 is 10.6 Å². The van der Waals surface area contributed by atoms with Crippen LogP contribution in [0.2, 0.25) is 10.2 Å². The van der Waals surface area contributed by atoms with Gasteiger partial charge < -0.3 is 20.3 Å². The topological polar surface area (TPSA) is 118 Å². The standard InChI is InChI=1S/C17H14ClN5S.C14H16ClN3O2S/c18-12-3-9-5-20-6-10(9)4-13(12)23-16-15-11-1-2-19-7-14(11)24-17(15)22-8-21-16;1-14(2,3)20-13(19)18-5-4-8-9(6-18)21-12-10(8)11(15)16-7-17-12/h3-4,6,8,19H,1-2,5,7H2,(H,21,22,23);7H,4-6H2,1-3H3. The Balaban J connectivity index is 0.000000146.